The molecule has 2 aromatic heterocycles. The first-order valence-corrected chi connectivity index (χ1v) is 7.15. The van der Waals surface area contributed by atoms with Crippen LogP contribution in [-0.4, -0.2) is 16.5 Å². The fourth-order valence-electron chi connectivity index (χ4n) is 1.45. The molecular weight excluding hydrogens is 314 g/mol. The fourth-order valence-corrected chi connectivity index (χ4v) is 2.88. The van der Waals surface area contributed by atoms with Crippen LogP contribution in [-0.2, 0) is 6.54 Å². The average Bonchev–Trinajstić information content (AvgIpc) is 2.72. The van der Waals surface area contributed by atoms with Crippen LogP contribution in [0.15, 0.2) is 22.0 Å². The number of rotatable bonds is 5. The van der Waals surface area contributed by atoms with Gasteiger partial charge in [0.1, 0.15) is 11.6 Å². The lowest BCUT2D eigenvalue weighted by molar-refractivity contribution is 1.09. The first-order chi connectivity index (χ1) is 8.67. The molecule has 0 aromatic carbocycles. The highest BCUT2D eigenvalue weighted by atomic mass is 79.9. The molecule has 4 N–H and O–H groups in total. The summed E-state index contributed by atoms with van der Waals surface area (Å²) in [6, 6.07) is 5.94. The van der Waals surface area contributed by atoms with Gasteiger partial charge in [-0.3, -0.25) is 0 Å². The Morgan fingerprint density at radius 1 is 1.28 bits per heavy atom. The van der Waals surface area contributed by atoms with Gasteiger partial charge in [0.25, 0.3) is 0 Å². The Hall–Kier alpha value is -1.34. The zero-order valence-electron chi connectivity index (χ0n) is 9.90. The Balaban J connectivity index is 2.04. The van der Waals surface area contributed by atoms with Gasteiger partial charge in [-0.05, 0) is 35.0 Å². The smallest absolute Gasteiger partial charge is 0.223 e. The second-order valence-electron chi connectivity index (χ2n) is 3.59. The topological polar surface area (TPSA) is 75.9 Å². The molecule has 0 fully saturated rings. The first-order valence-electron chi connectivity index (χ1n) is 5.54. The largest absolute Gasteiger partial charge is 0.370 e. The molecule has 0 radical (unpaired) electrons. The number of nitrogens with one attached hydrogen (secondary N) is 2. The Morgan fingerprint density at radius 2 is 2.00 bits per heavy atom. The van der Waals surface area contributed by atoms with E-state index in [1.54, 1.807) is 11.3 Å². The Bertz CT molecular complexity index is 528. The van der Waals surface area contributed by atoms with Crippen molar-refractivity contribution in [1.82, 2.24) is 9.97 Å². The maximum Gasteiger partial charge on any atom is 0.223 e. The van der Waals surface area contributed by atoms with Gasteiger partial charge in [-0.1, -0.05) is 0 Å². The molecule has 0 bridgehead atoms. The van der Waals surface area contributed by atoms with Crippen molar-refractivity contribution in [2.45, 2.75) is 13.5 Å². The molecule has 0 amide bonds. The van der Waals surface area contributed by atoms with Gasteiger partial charge in [0, 0.05) is 17.5 Å². The number of nitrogen functional groups attached to an aromatic ring is 1. The molecular formula is C11H14BrN5S. The lowest BCUT2D eigenvalue weighted by Gasteiger charge is -2.08. The van der Waals surface area contributed by atoms with Gasteiger partial charge in [0.15, 0.2) is 0 Å². The van der Waals surface area contributed by atoms with Crippen LogP contribution in [0.1, 0.15) is 11.8 Å². The third-order valence-corrected chi connectivity index (χ3v) is 3.80. The zero-order chi connectivity index (χ0) is 13.0. The van der Waals surface area contributed by atoms with E-state index < -0.39 is 0 Å². The highest BCUT2D eigenvalue weighted by Crippen LogP contribution is 2.23. The van der Waals surface area contributed by atoms with E-state index in [1.165, 1.54) is 4.88 Å². The third-order valence-electron chi connectivity index (χ3n) is 2.17. The molecule has 0 spiro atoms. The lowest BCUT2D eigenvalue weighted by atomic mass is 10.4. The van der Waals surface area contributed by atoms with E-state index in [0.29, 0.717) is 0 Å². The zero-order valence-corrected chi connectivity index (χ0v) is 12.3. The van der Waals surface area contributed by atoms with Crippen LogP contribution in [0, 0.1) is 0 Å². The molecule has 2 aromatic rings. The van der Waals surface area contributed by atoms with E-state index in [0.717, 1.165) is 28.5 Å². The molecule has 2 heterocycles. The minimum Gasteiger partial charge on any atom is -0.370 e. The summed E-state index contributed by atoms with van der Waals surface area (Å²) in [5, 5.41) is 6.35. The molecule has 0 aliphatic rings. The average molecular weight is 328 g/mol. The number of aromatic nitrogens is 2. The molecule has 7 heteroatoms. The van der Waals surface area contributed by atoms with E-state index in [4.69, 9.17) is 5.73 Å². The summed E-state index contributed by atoms with van der Waals surface area (Å²) in [6.45, 7) is 3.53. The van der Waals surface area contributed by atoms with Gasteiger partial charge in [-0.25, -0.2) is 0 Å². The van der Waals surface area contributed by atoms with E-state index in [9.17, 15) is 0 Å². The van der Waals surface area contributed by atoms with Crippen molar-refractivity contribution in [3.8, 4) is 0 Å². The number of thiophene rings is 1. The van der Waals surface area contributed by atoms with Gasteiger partial charge >= 0.3 is 0 Å². The molecule has 0 unspecified atom stereocenters. The number of hydrogen-bond donors (Lipinski definition) is 3. The molecule has 2 rings (SSSR count). The summed E-state index contributed by atoms with van der Waals surface area (Å²) in [4.78, 5) is 9.47. The number of halogens is 1. The molecule has 0 atom stereocenters. The van der Waals surface area contributed by atoms with Crippen molar-refractivity contribution in [1.29, 1.82) is 0 Å². The van der Waals surface area contributed by atoms with Gasteiger partial charge in [0.05, 0.1) is 10.3 Å². The van der Waals surface area contributed by atoms with Crippen LogP contribution in [0.25, 0.3) is 0 Å². The fraction of sp³-hybridized carbons (Fsp3) is 0.273. The molecule has 0 saturated carbocycles. The monoisotopic (exact) mass is 327 g/mol. The highest BCUT2D eigenvalue weighted by Gasteiger charge is 2.02. The number of hydrogen-bond acceptors (Lipinski definition) is 6. The van der Waals surface area contributed by atoms with E-state index in [2.05, 4.69) is 42.6 Å². The predicted octanol–water partition coefficient (Wildman–Crippen LogP) is 2.93. The number of nitrogens with zero attached hydrogens (tertiary/aromatic N) is 2. The van der Waals surface area contributed by atoms with Crippen molar-refractivity contribution in [3.05, 3.63) is 26.9 Å². The SMILES string of the molecule is CCNc1cc(NCc2ccc(Br)s2)nc(N)n1. The minimum absolute atomic E-state index is 0.267. The standard InChI is InChI=1S/C11H14BrN5S/c1-2-14-9-5-10(17-11(13)16-9)15-6-7-3-4-8(12)18-7/h3-5H,2,6H2,1H3,(H4,13,14,15,16,17). The molecule has 96 valence electrons. The second kappa shape index (κ2) is 6.01. The van der Waals surface area contributed by atoms with Crippen LogP contribution in [0.5, 0.6) is 0 Å². The number of nitrogens with two attached hydrogens (primary N) is 1. The Morgan fingerprint density at radius 3 is 2.61 bits per heavy atom. The van der Waals surface area contributed by atoms with E-state index in [1.807, 2.05) is 19.1 Å². The van der Waals surface area contributed by atoms with Gasteiger partial charge in [-0.2, -0.15) is 9.97 Å². The molecule has 0 saturated heterocycles. The third kappa shape index (κ3) is 3.58. The first kappa shape index (κ1) is 13.1. The number of anilines is 3. The van der Waals surface area contributed by atoms with Gasteiger partial charge in [-0.15, -0.1) is 11.3 Å². The normalized spacial score (nSPS) is 10.3. The van der Waals surface area contributed by atoms with Crippen molar-refractivity contribution in [2.24, 2.45) is 0 Å². The lowest BCUT2D eigenvalue weighted by Crippen LogP contribution is -2.07. The van der Waals surface area contributed by atoms with Crippen LogP contribution in [0.3, 0.4) is 0 Å². The summed E-state index contributed by atoms with van der Waals surface area (Å²) < 4.78 is 1.12. The maximum absolute atomic E-state index is 5.66. The molecule has 0 aliphatic carbocycles. The van der Waals surface area contributed by atoms with Crippen molar-refractivity contribution < 1.29 is 0 Å². The van der Waals surface area contributed by atoms with Crippen LogP contribution < -0.4 is 16.4 Å². The highest BCUT2D eigenvalue weighted by molar-refractivity contribution is 9.11. The Labute approximate surface area is 118 Å². The van der Waals surface area contributed by atoms with Crippen LogP contribution in [0.4, 0.5) is 17.6 Å². The van der Waals surface area contributed by atoms with Gasteiger partial charge < -0.3 is 16.4 Å². The maximum atomic E-state index is 5.66. The van der Waals surface area contributed by atoms with Crippen LogP contribution in [0.2, 0.25) is 0 Å². The van der Waals surface area contributed by atoms with Crippen molar-refractivity contribution in [2.75, 3.05) is 22.9 Å². The molecule has 5 nitrogen and oxygen atoms in total. The summed E-state index contributed by atoms with van der Waals surface area (Å²) in [7, 11) is 0. The van der Waals surface area contributed by atoms with E-state index in [-0.39, 0.29) is 5.95 Å². The van der Waals surface area contributed by atoms with E-state index >= 15 is 0 Å². The predicted molar refractivity (Wildman–Crippen MR) is 80.0 cm³/mol. The summed E-state index contributed by atoms with van der Waals surface area (Å²) in [5.74, 6) is 1.73. The minimum atomic E-state index is 0.267. The molecule has 18 heavy (non-hydrogen) atoms. The summed E-state index contributed by atoms with van der Waals surface area (Å²) >= 11 is 5.13. The van der Waals surface area contributed by atoms with Crippen LogP contribution >= 0.6 is 27.3 Å². The molecule has 0 aliphatic heterocycles. The van der Waals surface area contributed by atoms with Crippen molar-refractivity contribution in [3.63, 3.8) is 0 Å². The second-order valence-corrected chi connectivity index (χ2v) is 6.13. The quantitative estimate of drug-likeness (QED) is 0.787. The summed E-state index contributed by atoms with van der Waals surface area (Å²) in [5.41, 5.74) is 5.66. The summed E-state index contributed by atoms with van der Waals surface area (Å²) in [6.07, 6.45) is 0. The van der Waals surface area contributed by atoms with Gasteiger partial charge in [0.2, 0.25) is 5.95 Å². The Kier molecular flexibility index (Phi) is 4.38. The van der Waals surface area contributed by atoms with Crippen molar-refractivity contribution >= 4 is 44.9 Å².